The standard InChI is InChI=1S/C20H26N2O5/c1-13-7-9-15(10-8-13)17(21-19(24)25)18(23)22-16(12-27-20(22)26)11-14-5-3-2-4-6-14/h2-6,13,15-17,21H,7-12H2,1H3,(H,24,25)/t13?,15?,16-,17-/m0/s1. The van der Waals surface area contributed by atoms with Crippen molar-refractivity contribution in [3.05, 3.63) is 35.9 Å². The molecule has 0 aromatic heterocycles. The van der Waals surface area contributed by atoms with Gasteiger partial charge in [0.1, 0.15) is 12.6 Å². The summed E-state index contributed by atoms with van der Waals surface area (Å²) < 4.78 is 5.12. The minimum absolute atomic E-state index is 0.101. The van der Waals surface area contributed by atoms with E-state index in [0.717, 1.165) is 36.1 Å². The molecule has 1 aromatic rings. The minimum atomic E-state index is -1.25. The highest BCUT2D eigenvalue weighted by atomic mass is 16.6. The van der Waals surface area contributed by atoms with Crippen molar-refractivity contribution in [1.29, 1.82) is 0 Å². The van der Waals surface area contributed by atoms with Gasteiger partial charge in [-0.05, 0) is 36.7 Å². The van der Waals surface area contributed by atoms with Gasteiger partial charge in [0.25, 0.3) is 5.91 Å². The van der Waals surface area contributed by atoms with Gasteiger partial charge in [0.05, 0.1) is 6.04 Å². The molecule has 27 heavy (non-hydrogen) atoms. The number of cyclic esters (lactones) is 1. The molecule has 1 aromatic carbocycles. The van der Waals surface area contributed by atoms with Crippen molar-refractivity contribution in [1.82, 2.24) is 10.2 Å². The third-order valence-electron chi connectivity index (χ3n) is 5.59. The molecule has 7 nitrogen and oxygen atoms in total. The first kappa shape index (κ1) is 19.2. The van der Waals surface area contributed by atoms with Gasteiger partial charge in [0, 0.05) is 0 Å². The van der Waals surface area contributed by atoms with Crippen LogP contribution < -0.4 is 5.32 Å². The van der Waals surface area contributed by atoms with E-state index in [2.05, 4.69) is 12.2 Å². The molecule has 3 rings (SSSR count). The lowest BCUT2D eigenvalue weighted by molar-refractivity contribution is -0.133. The van der Waals surface area contributed by atoms with Crippen LogP contribution in [0.25, 0.3) is 0 Å². The molecule has 1 heterocycles. The Morgan fingerprint density at radius 2 is 1.89 bits per heavy atom. The van der Waals surface area contributed by atoms with Crippen molar-refractivity contribution >= 4 is 18.1 Å². The number of hydrogen-bond acceptors (Lipinski definition) is 4. The van der Waals surface area contributed by atoms with Gasteiger partial charge in [-0.25, -0.2) is 14.5 Å². The molecule has 3 amide bonds. The largest absolute Gasteiger partial charge is 0.465 e. The molecule has 146 valence electrons. The Morgan fingerprint density at radius 3 is 2.52 bits per heavy atom. The number of imide groups is 1. The van der Waals surface area contributed by atoms with Crippen LogP contribution in [0, 0.1) is 11.8 Å². The summed E-state index contributed by atoms with van der Waals surface area (Å²) in [4.78, 5) is 37.8. The lowest BCUT2D eigenvalue weighted by atomic mass is 9.78. The Morgan fingerprint density at radius 1 is 1.22 bits per heavy atom. The smallest absolute Gasteiger partial charge is 0.417 e. The first-order chi connectivity index (χ1) is 13.0. The second-order valence-electron chi connectivity index (χ2n) is 7.58. The normalized spacial score (nSPS) is 26.3. The molecule has 2 fully saturated rings. The lowest BCUT2D eigenvalue weighted by Crippen LogP contribution is -2.55. The van der Waals surface area contributed by atoms with Gasteiger partial charge in [0.15, 0.2) is 0 Å². The highest BCUT2D eigenvalue weighted by Gasteiger charge is 2.44. The number of benzene rings is 1. The average molecular weight is 374 g/mol. The minimum Gasteiger partial charge on any atom is -0.465 e. The fourth-order valence-corrected chi connectivity index (χ4v) is 4.05. The molecule has 1 aliphatic heterocycles. The van der Waals surface area contributed by atoms with E-state index >= 15 is 0 Å². The van der Waals surface area contributed by atoms with Crippen molar-refractivity contribution in [3.63, 3.8) is 0 Å². The first-order valence-electron chi connectivity index (χ1n) is 9.49. The number of carbonyl (C=O) groups excluding carboxylic acids is 2. The van der Waals surface area contributed by atoms with Gasteiger partial charge in [-0.3, -0.25) is 4.79 Å². The molecule has 2 N–H and O–H groups in total. The molecule has 0 radical (unpaired) electrons. The average Bonchev–Trinajstić information content (AvgIpc) is 3.01. The molecule has 1 aliphatic carbocycles. The maximum Gasteiger partial charge on any atom is 0.417 e. The number of ether oxygens (including phenoxy) is 1. The van der Waals surface area contributed by atoms with Gasteiger partial charge in [-0.2, -0.15) is 0 Å². The van der Waals surface area contributed by atoms with E-state index in [-0.39, 0.29) is 12.5 Å². The van der Waals surface area contributed by atoms with Crippen LogP contribution in [0.3, 0.4) is 0 Å². The SMILES string of the molecule is CC1CCC([C@H](NC(=O)O)C(=O)N2C(=O)OC[C@@H]2Cc2ccccc2)CC1. The molecule has 0 spiro atoms. The van der Waals surface area contributed by atoms with Crippen molar-refractivity contribution < 1.29 is 24.2 Å². The number of amides is 3. The number of nitrogens with one attached hydrogen (secondary N) is 1. The van der Waals surface area contributed by atoms with E-state index in [4.69, 9.17) is 4.74 Å². The molecular formula is C20H26N2O5. The summed E-state index contributed by atoms with van der Waals surface area (Å²) in [5.41, 5.74) is 0.993. The quantitative estimate of drug-likeness (QED) is 0.826. The van der Waals surface area contributed by atoms with Crippen LogP contribution >= 0.6 is 0 Å². The Labute approximate surface area is 158 Å². The van der Waals surface area contributed by atoms with Gasteiger partial charge in [0.2, 0.25) is 0 Å². The summed E-state index contributed by atoms with van der Waals surface area (Å²) >= 11 is 0. The van der Waals surface area contributed by atoms with Crippen LogP contribution in [0.1, 0.15) is 38.2 Å². The van der Waals surface area contributed by atoms with Crippen molar-refractivity contribution in [2.45, 2.75) is 51.1 Å². The topological polar surface area (TPSA) is 95.9 Å². The van der Waals surface area contributed by atoms with Crippen LogP contribution in [0.4, 0.5) is 9.59 Å². The Kier molecular flexibility index (Phi) is 5.98. The summed E-state index contributed by atoms with van der Waals surface area (Å²) in [5.74, 6) is -0.0274. The fraction of sp³-hybridized carbons (Fsp3) is 0.550. The van der Waals surface area contributed by atoms with E-state index < -0.39 is 30.2 Å². The van der Waals surface area contributed by atoms with Crippen LogP contribution in [0.15, 0.2) is 30.3 Å². The summed E-state index contributed by atoms with van der Waals surface area (Å²) in [6, 6.07) is 8.22. The maximum absolute atomic E-state index is 13.2. The summed E-state index contributed by atoms with van der Waals surface area (Å²) in [6.07, 6.45) is 1.98. The molecule has 0 bridgehead atoms. The van der Waals surface area contributed by atoms with Crippen LogP contribution in [-0.2, 0) is 16.0 Å². The molecular weight excluding hydrogens is 348 g/mol. The highest BCUT2D eigenvalue weighted by Crippen LogP contribution is 2.32. The Bertz CT molecular complexity index is 685. The van der Waals surface area contributed by atoms with E-state index in [1.807, 2.05) is 30.3 Å². The molecule has 1 saturated carbocycles. The van der Waals surface area contributed by atoms with Crippen molar-refractivity contribution in [3.8, 4) is 0 Å². The Hall–Kier alpha value is -2.57. The van der Waals surface area contributed by atoms with Crippen LogP contribution in [0.5, 0.6) is 0 Å². The van der Waals surface area contributed by atoms with E-state index in [1.165, 1.54) is 0 Å². The van der Waals surface area contributed by atoms with E-state index in [1.54, 1.807) is 0 Å². The molecule has 2 aliphatic rings. The maximum atomic E-state index is 13.2. The lowest BCUT2D eigenvalue weighted by Gasteiger charge is -2.34. The van der Waals surface area contributed by atoms with Gasteiger partial charge in [-0.15, -0.1) is 0 Å². The van der Waals surface area contributed by atoms with E-state index in [0.29, 0.717) is 12.3 Å². The van der Waals surface area contributed by atoms with Gasteiger partial charge >= 0.3 is 12.2 Å². The predicted octanol–water partition coefficient (Wildman–Crippen LogP) is 3.04. The third-order valence-corrected chi connectivity index (χ3v) is 5.59. The molecule has 7 heteroatoms. The van der Waals surface area contributed by atoms with Crippen LogP contribution in [0.2, 0.25) is 0 Å². The number of carbonyl (C=O) groups is 3. The Balaban J connectivity index is 1.77. The fourth-order valence-electron chi connectivity index (χ4n) is 4.05. The molecule has 0 unspecified atom stereocenters. The predicted molar refractivity (Wildman–Crippen MR) is 98.2 cm³/mol. The zero-order chi connectivity index (χ0) is 19.4. The molecule has 1 saturated heterocycles. The number of hydrogen-bond donors (Lipinski definition) is 2. The first-order valence-corrected chi connectivity index (χ1v) is 9.49. The van der Waals surface area contributed by atoms with E-state index in [9.17, 15) is 19.5 Å². The summed E-state index contributed by atoms with van der Waals surface area (Å²) in [5, 5.41) is 11.6. The monoisotopic (exact) mass is 374 g/mol. The summed E-state index contributed by atoms with van der Waals surface area (Å²) in [7, 11) is 0. The zero-order valence-corrected chi connectivity index (χ0v) is 15.5. The van der Waals surface area contributed by atoms with Crippen molar-refractivity contribution in [2.24, 2.45) is 11.8 Å². The third kappa shape index (κ3) is 4.59. The number of nitrogens with zero attached hydrogens (tertiary/aromatic N) is 1. The second-order valence-corrected chi connectivity index (χ2v) is 7.58. The second kappa shape index (κ2) is 8.41. The van der Waals surface area contributed by atoms with Gasteiger partial charge in [-0.1, -0.05) is 50.1 Å². The number of rotatable bonds is 5. The zero-order valence-electron chi connectivity index (χ0n) is 15.5. The molecule has 2 atom stereocenters. The number of carboxylic acid groups (broad SMARTS) is 1. The highest BCUT2D eigenvalue weighted by molar-refractivity contribution is 5.97. The van der Waals surface area contributed by atoms with Crippen LogP contribution in [-0.4, -0.2) is 46.8 Å². The van der Waals surface area contributed by atoms with Crippen molar-refractivity contribution in [2.75, 3.05) is 6.61 Å². The summed E-state index contributed by atoms with van der Waals surface area (Å²) in [6.45, 7) is 2.28. The van der Waals surface area contributed by atoms with Gasteiger partial charge < -0.3 is 15.2 Å².